The number of guanidine groups is 1. The predicted molar refractivity (Wildman–Crippen MR) is 108 cm³/mol. The summed E-state index contributed by atoms with van der Waals surface area (Å²) in [7, 11) is 0. The molecule has 0 atom stereocenters. The molecule has 0 aromatic heterocycles. The zero-order chi connectivity index (χ0) is 17.4. The summed E-state index contributed by atoms with van der Waals surface area (Å²) < 4.78 is 0. The van der Waals surface area contributed by atoms with Crippen molar-refractivity contribution in [2.75, 3.05) is 4.90 Å². The fourth-order valence-corrected chi connectivity index (χ4v) is 6.88. The average molecular weight is 343 g/mol. The van der Waals surface area contributed by atoms with Gasteiger partial charge in [0.15, 0.2) is 5.96 Å². The van der Waals surface area contributed by atoms with Crippen LogP contribution < -0.4 is 10.6 Å². The molecule has 0 unspecified atom stereocenters. The first-order chi connectivity index (χ1) is 12.7. The molecule has 4 fully saturated rings. The number of benzene rings is 2. The maximum absolute atomic E-state index is 8.45. The molecular formula is C23H25N3. The highest BCUT2D eigenvalue weighted by Crippen LogP contribution is 2.56. The summed E-state index contributed by atoms with van der Waals surface area (Å²) >= 11 is 0. The van der Waals surface area contributed by atoms with Gasteiger partial charge in [-0.3, -0.25) is 5.41 Å². The van der Waals surface area contributed by atoms with E-state index in [-0.39, 0.29) is 5.96 Å². The van der Waals surface area contributed by atoms with Crippen LogP contribution in [0.4, 0.5) is 5.69 Å². The SMILES string of the molecule is N=C(N)N(c1ccc2c3c(cccc13)C=C2)C1C2CC3CC(C2)CC1C3. The van der Waals surface area contributed by atoms with Gasteiger partial charge < -0.3 is 10.6 Å². The van der Waals surface area contributed by atoms with Crippen LogP contribution in [0.25, 0.3) is 22.9 Å². The van der Waals surface area contributed by atoms with Crippen molar-refractivity contribution >= 4 is 34.6 Å². The molecule has 2 aromatic rings. The number of nitrogens with zero attached hydrogens (tertiary/aromatic N) is 1. The van der Waals surface area contributed by atoms with Gasteiger partial charge in [-0.1, -0.05) is 36.4 Å². The first-order valence-electron chi connectivity index (χ1n) is 10.1. The Morgan fingerprint density at radius 2 is 1.54 bits per heavy atom. The Hall–Kier alpha value is -2.29. The van der Waals surface area contributed by atoms with Gasteiger partial charge in [0.1, 0.15) is 0 Å². The molecule has 0 spiro atoms. The third kappa shape index (κ3) is 1.92. The van der Waals surface area contributed by atoms with Gasteiger partial charge in [-0.25, -0.2) is 0 Å². The molecule has 5 aliphatic rings. The van der Waals surface area contributed by atoms with Crippen molar-refractivity contribution in [3.05, 3.63) is 41.5 Å². The van der Waals surface area contributed by atoms with Crippen LogP contribution in [0.5, 0.6) is 0 Å². The third-order valence-corrected chi connectivity index (χ3v) is 7.52. The van der Waals surface area contributed by atoms with E-state index >= 15 is 0 Å². The van der Waals surface area contributed by atoms with E-state index in [9.17, 15) is 0 Å². The molecule has 0 saturated heterocycles. The zero-order valence-corrected chi connectivity index (χ0v) is 15.0. The number of hydrogen-bond acceptors (Lipinski definition) is 1. The number of nitrogens with one attached hydrogen (secondary N) is 1. The van der Waals surface area contributed by atoms with Crippen molar-refractivity contribution in [2.24, 2.45) is 29.4 Å². The molecule has 26 heavy (non-hydrogen) atoms. The Kier molecular flexibility index (Phi) is 2.92. The largest absolute Gasteiger partial charge is 0.370 e. The summed E-state index contributed by atoms with van der Waals surface area (Å²) in [5, 5.41) is 11.0. The molecule has 132 valence electrons. The quantitative estimate of drug-likeness (QED) is 0.516. The summed E-state index contributed by atoms with van der Waals surface area (Å²) in [6.07, 6.45) is 11.2. The van der Waals surface area contributed by atoms with Gasteiger partial charge in [0.25, 0.3) is 0 Å². The average Bonchev–Trinajstić information content (AvgIpc) is 3.03. The fourth-order valence-electron chi connectivity index (χ4n) is 6.88. The van der Waals surface area contributed by atoms with E-state index in [4.69, 9.17) is 11.1 Å². The van der Waals surface area contributed by atoms with Gasteiger partial charge in [0, 0.05) is 11.4 Å². The van der Waals surface area contributed by atoms with Crippen molar-refractivity contribution in [3.8, 4) is 0 Å². The second kappa shape index (κ2) is 5.12. The topological polar surface area (TPSA) is 53.1 Å². The van der Waals surface area contributed by atoms with Crippen LogP contribution in [-0.4, -0.2) is 12.0 Å². The Bertz CT molecular complexity index is 917. The van der Waals surface area contributed by atoms with Gasteiger partial charge in [0.05, 0.1) is 5.69 Å². The van der Waals surface area contributed by atoms with Crippen LogP contribution in [-0.2, 0) is 0 Å². The summed E-state index contributed by atoms with van der Waals surface area (Å²) in [4.78, 5) is 2.20. The molecule has 0 amide bonds. The Balaban J connectivity index is 1.51. The van der Waals surface area contributed by atoms with Crippen molar-refractivity contribution in [2.45, 2.75) is 38.1 Å². The van der Waals surface area contributed by atoms with E-state index in [0.717, 1.165) is 17.5 Å². The normalized spacial score (nSPS) is 33.2. The minimum Gasteiger partial charge on any atom is -0.370 e. The van der Waals surface area contributed by atoms with E-state index in [0.29, 0.717) is 17.9 Å². The molecule has 5 aliphatic carbocycles. The second-order valence-corrected chi connectivity index (χ2v) is 8.95. The summed E-state index contributed by atoms with van der Waals surface area (Å²) in [6, 6.07) is 11.3. The second-order valence-electron chi connectivity index (χ2n) is 8.95. The molecule has 4 saturated carbocycles. The summed E-state index contributed by atoms with van der Waals surface area (Å²) in [5.74, 6) is 3.49. The van der Waals surface area contributed by atoms with Gasteiger partial charge in [-0.15, -0.1) is 0 Å². The monoisotopic (exact) mass is 343 g/mol. The minimum atomic E-state index is 0.217. The molecule has 7 rings (SSSR count). The number of rotatable bonds is 2. The lowest BCUT2D eigenvalue weighted by atomic mass is 9.54. The Labute approximate surface area is 154 Å². The molecular weight excluding hydrogens is 318 g/mol. The number of nitrogens with two attached hydrogens (primary N) is 1. The van der Waals surface area contributed by atoms with Gasteiger partial charge in [-0.05, 0) is 78.4 Å². The molecule has 2 aromatic carbocycles. The van der Waals surface area contributed by atoms with E-state index in [1.165, 1.54) is 54.0 Å². The predicted octanol–water partition coefficient (Wildman–Crippen LogP) is 4.85. The van der Waals surface area contributed by atoms with Crippen molar-refractivity contribution < 1.29 is 0 Å². The van der Waals surface area contributed by atoms with E-state index in [2.05, 4.69) is 47.4 Å². The molecule has 3 nitrogen and oxygen atoms in total. The molecule has 3 N–H and O–H groups in total. The summed E-state index contributed by atoms with van der Waals surface area (Å²) in [6.45, 7) is 0. The maximum atomic E-state index is 8.45. The van der Waals surface area contributed by atoms with Crippen LogP contribution in [0.1, 0.15) is 43.2 Å². The lowest BCUT2D eigenvalue weighted by molar-refractivity contribution is 0.00135. The van der Waals surface area contributed by atoms with E-state index < -0.39 is 0 Å². The minimum absolute atomic E-state index is 0.217. The molecule has 3 heteroatoms. The van der Waals surface area contributed by atoms with Crippen LogP contribution in [0.15, 0.2) is 30.3 Å². The lowest BCUT2D eigenvalue weighted by Gasteiger charge is -2.57. The van der Waals surface area contributed by atoms with Crippen LogP contribution in [0.2, 0.25) is 0 Å². The molecule has 0 aliphatic heterocycles. The Morgan fingerprint density at radius 3 is 2.19 bits per heavy atom. The smallest absolute Gasteiger partial charge is 0.193 e. The third-order valence-electron chi connectivity index (χ3n) is 7.52. The molecule has 0 heterocycles. The molecule has 0 radical (unpaired) electrons. The van der Waals surface area contributed by atoms with Crippen LogP contribution in [0.3, 0.4) is 0 Å². The van der Waals surface area contributed by atoms with Gasteiger partial charge in [-0.2, -0.15) is 0 Å². The van der Waals surface area contributed by atoms with Crippen molar-refractivity contribution in [1.82, 2.24) is 0 Å². The Morgan fingerprint density at radius 1 is 0.885 bits per heavy atom. The first-order valence-corrected chi connectivity index (χ1v) is 10.1. The maximum Gasteiger partial charge on any atom is 0.193 e. The van der Waals surface area contributed by atoms with Crippen molar-refractivity contribution in [1.29, 1.82) is 5.41 Å². The van der Waals surface area contributed by atoms with Gasteiger partial charge in [0.2, 0.25) is 0 Å². The van der Waals surface area contributed by atoms with E-state index in [1.54, 1.807) is 0 Å². The van der Waals surface area contributed by atoms with Gasteiger partial charge >= 0.3 is 0 Å². The zero-order valence-electron chi connectivity index (χ0n) is 15.0. The number of hydrogen-bond donors (Lipinski definition) is 2. The highest BCUT2D eigenvalue weighted by Gasteiger charge is 2.51. The molecule has 4 bridgehead atoms. The van der Waals surface area contributed by atoms with Crippen LogP contribution >= 0.6 is 0 Å². The van der Waals surface area contributed by atoms with E-state index in [1.807, 2.05) is 0 Å². The van der Waals surface area contributed by atoms with Crippen LogP contribution in [0, 0.1) is 29.1 Å². The lowest BCUT2D eigenvalue weighted by Crippen LogP contribution is -2.59. The highest BCUT2D eigenvalue weighted by atomic mass is 15.3. The highest BCUT2D eigenvalue weighted by molar-refractivity contribution is 6.12. The summed E-state index contributed by atoms with van der Waals surface area (Å²) in [5.41, 5.74) is 9.93. The standard InChI is InChI=1S/C23H25N3/c24-23(25)26(22-17-9-13-8-14(11-17)12-18(22)10-13)20-7-6-16-5-4-15-2-1-3-19(20)21(15)16/h1-7,13-14,17-18,22H,8-12H2,(H3,24,25). The fraction of sp³-hybridized carbons (Fsp3) is 0.435. The number of anilines is 1. The van der Waals surface area contributed by atoms with Crippen molar-refractivity contribution in [3.63, 3.8) is 0 Å². The first kappa shape index (κ1) is 14.8.